The van der Waals surface area contributed by atoms with E-state index in [0.717, 1.165) is 0 Å². The molecule has 1 heterocycles. The minimum atomic E-state index is -0.812. The number of nitro groups is 1. The quantitative estimate of drug-likeness (QED) is 0.520. The fraction of sp³-hybridized carbons (Fsp3) is 0.333. The number of amides is 1. The maximum absolute atomic E-state index is 12.0. The van der Waals surface area contributed by atoms with E-state index in [4.69, 9.17) is 5.11 Å². The normalized spacial score (nSPS) is 15.9. The first-order valence-electron chi connectivity index (χ1n) is 6.91. The third-order valence-corrected chi connectivity index (χ3v) is 3.68. The standard InChI is InChI=1S/C15H16N2O5/c18-14(16-9-7-12(8-10-16)15(19)20)6-3-11-1-4-13(5-2-11)17(21)22/h1-6,12H,7-10H2,(H,19,20)/b6-3+. The topological polar surface area (TPSA) is 101 Å². The second-order valence-electron chi connectivity index (χ2n) is 5.12. The lowest BCUT2D eigenvalue weighted by Crippen LogP contribution is -2.39. The summed E-state index contributed by atoms with van der Waals surface area (Å²) in [4.78, 5) is 34.5. The first-order chi connectivity index (χ1) is 10.5. The molecule has 2 rings (SSSR count). The predicted octanol–water partition coefficient (Wildman–Crippen LogP) is 1.93. The molecule has 0 atom stereocenters. The summed E-state index contributed by atoms with van der Waals surface area (Å²) < 4.78 is 0. The number of benzene rings is 1. The predicted molar refractivity (Wildman–Crippen MR) is 79.1 cm³/mol. The summed E-state index contributed by atoms with van der Waals surface area (Å²) in [7, 11) is 0. The molecule has 1 N–H and O–H groups in total. The Bertz CT molecular complexity index is 601. The summed E-state index contributed by atoms with van der Waals surface area (Å²) in [6.45, 7) is 0.862. The average Bonchev–Trinajstić information content (AvgIpc) is 2.53. The molecule has 7 heteroatoms. The van der Waals surface area contributed by atoms with Gasteiger partial charge in [0.2, 0.25) is 5.91 Å². The molecule has 0 unspecified atom stereocenters. The van der Waals surface area contributed by atoms with Crippen LogP contribution < -0.4 is 0 Å². The van der Waals surface area contributed by atoms with Gasteiger partial charge in [0.05, 0.1) is 10.8 Å². The Morgan fingerprint density at radius 2 is 1.82 bits per heavy atom. The Balaban J connectivity index is 1.91. The number of carboxylic acid groups (broad SMARTS) is 1. The van der Waals surface area contributed by atoms with E-state index >= 15 is 0 Å². The molecule has 0 radical (unpaired) electrons. The molecular weight excluding hydrogens is 288 g/mol. The van der Waals surface area contributed by atoms with Crippen LogP contribution in [0.25, 0.3) is 6.08 Å². The summed E-state index contributed by atoms with van der Waals surface area (Å²) >= 11 is 0. The van der Waals surface area contributed by atoms with Gasteiger partial charge in [-0.2, -0.15) is 0 Å². The number of carboxylic acids is 1. The molecule has 1 aromatic carbocycles. The molecule has 0 bridgehead atoms. The fourth-order valence-electron chi connectivity index (χ4n) is 2.33. The number of carbonyl (C=O) groups excluding carboxylic acids is 1. The highest BCUT2D eigenvalue weighted by molar-refractivity contribution is 5.92. The van der Waals surface area contributed by atoms with E-state index in [-0.39, 0.29) is 17.5 Å². The summed E-state index contributed by atoms with van der Waals surface area (Å²) in [5.41, 5.74) is 0.693. The number of nitro benzene ring substituents is 1. The van der Waals surface area contributed by atoms with Crippen molar-refractivity contribution in [2.24, 2.45) is 5.92 Å². The van der Waals surface area contributed by atoms with Crippen LogP contribution in [-0.4, -0.2) is 39.9 Å². The van der Waals surface area contributed by atoms with Gasteiger partial charge in [-0.15, -0.1) is 0 Å². The molecule has 1 aromatic rings. The molecule has 7 nitrogen and oxygen atoms in total. The number of likely N-dealkylation sites (tertiary alicyclic amines) is 1. The molecule has 1 aliphatic heterocycles. The number of hydrogen-bond donors (Lipinski definition) is 1. The van der Waals surface area contributed by atoms with Gasteiger partial charge in [-0.05, 0) is 36.6 Å². The van der Waals surface area contributed by atoms with Crippen molar-refractivity contribution in [3.8, 4) is 0 Å². The van der Waals surface area contributed by atoms with Crippen molar-refractivity contribution in [2.45, 2.75) is 12.8 Å². The Morgan fingerprint density at radius 1 is 1.23 bits per heavy atom. The van der Waals surface area contributed by atoms with Crippen molar-refractivity contribution in [1.82, 2.24) is 4.90 Å². The van der Waals surface area contributed by atoms with Gasteiger partial charge in [-0.1, -0.05) is 0 Å². The highest BCUT2D eigenvalue weighted by atomic mass is 16.6. The zero-order valence-corrected chi connectivity index (χ0v) is 11.8. The summed E-state index contributed by atoms with van der Waals surface area (Å²) in [5, 5.41) is 19.5. The third kappa shape index (κ3) is 3.91. The monoisotopic (exact) mass is 304 g/mol. The summed E-state index contributed by atoms with van der Waals surface area (Å²) in [6.07, 6.45) is 3.93. The van der Waals surface area contributed by atoms with Crippen LogP contribution in [0.2, 0.25) is 0 Å². The first kappa shape index (κ1) is 15.7. The van der Waals surface area contributed by atoms with Crippen LogP contribution in [0.3, 0.4) is 0 Å². The minimum absolute atomic E-state index is 0.000723. The lowest BCUT2D eigenvalue weighted by atomic mass is 9.97. The highest BCUT2D eigenvalue weighted by Gasteiger charge is 2.25. The van der Waals surface area contributed by atoms with E-state index in [9.17, 15) is 19.7 Å². The highest BCUT2D eigenvalue weighted by Crippen LogP contribution is 2.18. The van der Waals surface area contributed by atoms with Crippen LogP contribution in [0.5, 0.6) is 0 Å². The zero-order chi connectivity index (χ0) is 16.1. The smallest absolute Gasteiger partial charge is 0.306 e. The minimum Gasteiger partial charge on any atom is -0.481 e. The van der Waals surface area contributed by atoms with Gasteiger partial charge in [0.15, 0.2) is 0 Å². The Kier molecular flexibility index (Phi) is 4.88. The Morgan fingerprint density at radius 3 is 2.32 bits per heavy atom. The largest absolute Gasteiger partial charge is 0.481 e. The Hall–Kier alpha value is -2.70. The second-order valence-corrected chi connectivity index (χ2v) is 5.12. The molecule has 22 heavy (non-hydrogen) atoms. The van der Waals surface area contributed by atoms with Crippen LogP contribution in [-0.2, 0) is 9.59 Å². The van der Waals surface area contributed by atoms with E-state index in [2.05, 4.69) is 0 Å². The third-order valence-electron chi connectivity index (χ3n) is 3.68. The lowest BCUT2D eigenvalue weighted by Gasteiger charge is -2.29. The van der Waals surface area contributed by atoms with Gasteiger partial charge in [0.25, 0.3) is 5.69 Å². The molecule has 1 amide bonds. The van der Waals surface area contributed by atoms with E-state index in [1.807, 2.05) is 0 Å². The number of carbonyl (C=O) groups is 2. The van der Waals surface area contributed by atoms with Crippen molar-refractivity contribution < 1.29 is 19.6 Å². The van der Waals surface area contributed by atoms with E-state index in [0.29, 0.717) is 31.5 Å². The van der Waals surface area contributed by atoms with Crippen LogP contribution in [0.1, 0.15) is 18.4 Å². The van der Waals surface area contributed by atoms with Crippen LogP contribution >= 0.6 is 0 Å². The number of non-ortho nitro benzene ring substituents is 1. The van der Waals surface area contributed by atoms with Crippen LogP contribution in [0.4, 0.5) is 5.69 Å². The molecule has 116 valence electrons. The number of piperidine rings is 1. The van der Waals surface area contributed by atoms with Gasteiger partial charge >= 0.3 is 5.97 Å². The average molecular weight is 304 g/mol. The SMILES string of the molecule is O=C(O)C1CCN(C(=O)/C=C/c2ccc([N+](=O)[O-])cc2)CC1. The van der Waals surface area contributed by atoms with Gasteiger partial charge in [0.1, 0.15) is 0 Å². The summed E-state index contributed by atoms with van der Waals surface area (Å²) in [5.74, 6) is -1.36. The fourth-order valence-corrected chi connectivity index (χ4v) is 2.33. The zero-order valence-electron chi connectivity index (χ0n) is 11.8. The van der Waals surface area contributed by atoms with E-state index < -0.39 is 10.9 Å². The van der Waals surface area contributed by atoms with Gasteiger partial charge in [0, 0.05) is 31.3 Å². The Labute approximate surface area is 127 Å². The molecular formula is C15H16N2O5. The molecule has 0 aliphatic carbocycles. The van der Waals surface area contributed by atoms with E-state index in [1.54, 1.807) is 23.1 Å². The molecule has 0 saturated carbocycles. The molecule has 0 aromatic heterocycles. The van der Waals surface area contributed by atoms with Crippen LogP contribution in [0.15, 0.2) is 30.3 Å². The van der Waals surface area contributed by atoms with Crippen molar-refractivity contribution in [2.75, 3.05) is 13.1 Å². The molecule has 1 saturated heterocycles. The van der Waals surface area contributed by atoms with Gasteiger partial charge < -0.3 is 10.0 Å². The lowest BCUT2D eigenvalue weighted by molar-refractivity contribution is -0.384. The van der Waals surface area contributed by atoms with Gasteiger partial charge in [-0.3, -0.25) is 19.7 Å². The van der Waals surface area contributed by atoms with E-state index in [1.165, 1.54) is 18.2 Å². The van der Waals surface area contributed by atoms with Crippen molar-refractivity contribution >= 4 is 23.6 Å². The summed E-state index contributed by atoms with van der Waals surface area (Å²) in [6, 6.07) is 5.89. The number of rotatable bonds is 4. The molecule has 1 aliphatic rings. The van der Waals surface area contributed by atoms with Crippen molar-refractivity contribution in [3.05, 3.63) is 46.0 Å². The number of nitrogens with zero attached hydrogens (tertiary/aromatic N) is 2. The van der Waals surface area contributed by atoms with Crippen molar-refractivity contribution in [1.29, 1.82) is 0 Å². The number of hydrogen-bond acceptors (Lipinski definition) is 4. The van der Waals surface area contributed by atoms with Crippen LogP contribution in [0, 0.1) is 16.0 Å². The molecule has 1 fully saturated rings. The van der Waals surface area contributed by atoms with Gasteiger partial charge in [-0.25, -0.2) is 0 Å². The number of aliphatic carboxylic acids is 1. The second kappa shape index (κ2) is 6.84. The molecule has 0 spiro atoms. The first-order valence-corrected chi connectivity index (χ1v) is 6.91. The maximum atomic E-state index is 12.0. The van der Waals surface area contributed by atoms with Crippen molar-refractivity contribution in [3.63, 3.8) is 0 Å². The maximum Gasteiger partial charge on any atom is 0.306 e.